The van der Waals surface area contributed by atoms with Crippen LogP contribution in [0.1, 0.15) is 35.1 Å². The SMILES string of the molecule is CCN1/C=C(/S(=O)(=O)c2ccc(C)cc2)C(c2ccccc2)c2ccccc2CC1. The van der Waals surface area contributed by atoms with Crippen molar-refractivity contribution < 1.29 is 8.42 Å². The molecule has 0 saturated carbocycles. The van der Waals surface area contributed by atoms with Crippen LogP contribution < -0.4 is 0 Å². The number of sulfone groups is 1. The third-order valence-electron chi connectivity index (χ3n) is 5.81. The normalized spacial score (nSPS) is 18.7. The highest BCUT2D eigenvalue weighted by Gasteiger charge is 2.33. The van der Waals surface area contributed by atoms with Gasteiger partial charge in [-0.15, -0.1) is 0 Å². The number of hydrogen-bond acceptors (Lipinski definition) is 3. The van der Waals surface area contributed by atoms with E-state index in [0.717, 1.165) is 36.2 Å². The minimum Gasteiger partial charge on any atom is -0.376 e. The van der Waals surface area contributed by atoms with Gasteiger partial charge in [-0.3, -0.25) is 0 Å². The average molecular weight is 418 g/mol. The van der Waals surface area contributed by atoms with E-state index in [1.54, 1.807) is 12.1 Å². The van der Waals surface area contributed by atoms with Crippen LogP contribution in [0.15, 0.2) is 94.9 Å². The maximum atomic E-state index is 13.9. The van der Waals surface area contributed by atoms with Crippen molar-refractivity contribution in [1.82, 2.24) is 4.90 Å². The zero-order chi connectivity index (χ0) is 21.1. The summed E-state index contributed by atoms with van der Waals surface area (Å²) in [7, 11) is -3.68. The van der Waals surface area contributed by atoms with Crippen LogP contribution in [0, 0.1) is 6.92 Å². The lowest BCUT2D eigenvalue weighted by Gasteiger charge is -2.30. The van der Waals surface area contributed by atoms with E-state index in [1.807, 2.05) is 67.7 Å². The maximum absolute atomic E-state index is 13.9. The van der Waals surface area contributed by atoms with Gasteiger partial charge in [0.1, 0.15) is 0 Å². The zero-order valence-corrected chi connectivity index (χ0v) is 18.3. The Bertz CT molecular complexity index is 1150. The van der Waals surface area contributed by atoms with E-state index in [9.17, 15) is 8.42 Å². The zero-order valence-electron chi connectivity index (χ0n) is 17.5. The molecule has 0 saturated heterocycles. The lowest BCUT2D eigenvalue weighted by molar-refractivity contribution is 0.394. The van der Waals surface area contributed by atoms with Gasteiger partial charge >= 0.3 is 0 Å². The van der Waals surface area contributed by atoms with Crippen LogP contribution in [-0.2, 0) is 16.3 Å². The molecule has 1 atom stereocenters. The van der Waals surface area contributed by atoms with Crippen molar-refractivity contribution in [2.45, 2.75) is 31.1 Å². The molecule has 154 valence electrons. The smallest absolute Gasteiger partial charge is 0.205 e. The number of fused-ring (bicyclic) bond motifs is 1. The fourth-order valence-electron chi connectivity index (χ4n) is 4.10. The van der Waals surface area contributed by atoms with Crippen LogP contribution in [0.5, 0.6) is 0 Å². The van der Waals surface area contributed by atoms with E-state index < -0.39 is 9.84 Å². The van der Waals surface area contributed by atoms with E-state index in [-0.39, 0.29) is 5.92 Å². The molecule has 0 radical (unpaired) electrons. The summed E-state index contributed by atoms with van der Waals surface area (Å²) < 4.78 is 27.8. The minimum absolute atomic E-state index is 0.342. The van der Waals surface area contributed by atoms with Crippen LogP contribution in [0.2, 0.25) is 0 Å². The highest BCUT2D eigenvalue weighted by molar-refractivity contribution is 7.95. The molecule has 30 heavy (non-hydrogen) atoms. The van der Waals surface area contributed by atoms with Crippen molar-refractivity contribution in [3.63, 3.8) is 0 Å². The average Bonchev–Trinajstić information content (AvgIpc) is 2.75. The first kappa shape index (κ1) is 20.4. The van der Waals surface area contributed by atoms with E-state index in [2.05, 4.69) is 24.0 Å². The largest absolute Gasteiger partial charge is 0.376 e. The Labute approximate surface area is 179 Å². The first-order chi connectivity index (χ1) is 14.5. The molecule has 0 aromatic heterocycles. The molecular formula is C26H27NO2S. The molecule has 3 nitrogen and oxygen atoms in total. The quantitative estimate of drug-likeness (QED) is 0.576. The Morgan fingerprint density at radius 3 is 2.27 bits per heavy atom. The number of benzene rings is 3. The van der Waals surface area contributed by atoms with Gasteiger partial charge in [-0.25, -0.2) is 8.42 Å². The molecule has 4 heteroatoms. The molecule has 3 aromatic rings. The highest BCUT2D eigenvalue weighted by Crippen LogP contribution is 2.40. The highest BCUT2D eigenvalue weighted by atomic mass is 32.2. The molecule has 0 N–H and O–H groups in total. The topological polar surface area (TPSA) is 37.4 Å². The van der Waals surface area contributed by atoms with Gasteiger partial charge in [0.05, 0.1) is 9.80 Å². The van der Waals surface area contributed by atoms with Gasteiger partial charge in [0, 0.05) is 25.2 Å². The standard InChI is InChI=1S/C26H27NO2S/c1-3-27-18-17-21-9-7-8-12-24(21)26(22-10-5-4-6-11-22)25(19-27)30(28,29)23-15-13-20(2)14-16-23/h4-16,19,26H,3,17-18H2,1-2H3/b25-19+. The van der Waals surface area contributed by atoms with Crippen molar-refractivity contribution >= 4 is 9.84 Å². The summed E-state index contributed by atoms with van der Waals surface area (Å²) in [6.45, 7) is 5.59. The van der Waals surface area contributed by atoms with Gasteiger partial charge in [0.15, 0.2) is 0 Å². The molecule has 1 heterocycles. The van der Waals surface area contributed by atoms with Gasteiger partial charge in [-0.05, 0) is 49.1 Å². The molecule has 1 aliphatic rings. The van der Waals surface area contributed by atoms with Crippen molar-refractivity contribution in [2.75, 3.05) is 13.1 Å². The molecule has 3 aromatic carbocycles. The van der Waals surface area contributed by atoms with E-state index >= 15 is 0 Å². The Morgan fingerprint density at radius 2 is 1.57 bits per heavy atom. The molecule has 0 bridgehead atoms. The third-order valence-corrected chi connectivity index (χ3v) is 7.66. The van der Waals surface area contributed by atoms with Crippen LogP contribution >= 0.6 is 0 Å². The van der Waals surface area contributed by atoms with Crippen molar-refractivity contribution in [3.05, 3.63) is 112 Å². The van der Waals surface area contributed by atoms with Gasteiger partial charge < -0.3 is 4.90 Å². The number of aryl methyl sites for hydroxylation is 1. The number of rotatable bonds is 4. The minimum atomic E-state index is -3.68. The Hall–Kier alpha value is -2.85. The van der Waals surface area contributed by atoms with Crippen LogP contribution in [0.4, 0.5) is 0 Å². The first-order valence-electron chi connectivity index (χ1n) is 10.4. The van der Waals surface area contributed by atoms with Gasteiger partial charge in [0.25, 0.3) is 0 Å². The number of nitrogens with zero attached hydrogens (tertiary/aromatic N) is 1. The second-order valence-electron chi connectivity index (χ2n) is 7.77. The molecule has 1 aliphatic heterocycles. The summed E-state index contributed by atoms with van der Waals surface area (Å²) in [5.41, 5.74) is 4.31. The first-order valence-corrected chi connectivity index (χ1v) is 11.9. The molecule has 4 rings (SSSR count). The van der Waals surface area contributed by atoms with E-state index in [0.29, 0.717) is 9.80 Å². The van der Waals surface area contributed by atoms with E-state index in [1.165, 1.54) is 5.56 Å². The van der Waals surface area contributed by atoms with Gasteiger partial charge in [-0.1, -0.05) is 72.3 Å². The number of allylic oxidation sites excluding steroid dienone is 1. The maximum Gasteiger partial charge on any atom is 0.205 e. The third kappa shape index (κ3) is 3.92. The Morgan fingerprint density at radius 1 is 0.900 bits per heavy atom. The van der Waals surface area contributed by atoms with Crippen LogP contribution in [-0.4, -0.2) is 26.4 Å². The molecule has 0 fully saturated rings. The fourth-order valence-corrected chi connectivity index (χ4v) is 5.72. The fraction of sp³-hybridized carbons (Fsp3) is 0.231. The summed E-state index contributed by atoms with van der Waals surface area (Å²) in [5, 5.41) is 0. The van der Waals surface area contributed by atoms with Crippen LogP contribution in [0.3, 0.4) is 0 Å². The summed E-state index contributed by atoms with van der Waals surface area (Å²) >= 11 is 0. The van der Waals surface area contributed by atoms with Gasteiger partial charge in [-0.2, -0.15) is 0 Å². The lowest BCUT2D eigenvalue weighted by atomic mass is 9.86. The second kappa shape index (κ2) is 8.49. The predicted molar refractivity (Wildman–Crippen MR) is 122 cm³/mol. The van der Waals surface area contributed by atoms with Crippen molar-refractivity contribution in [3.8, 4) is 0 Å². The summed E-state index contributed by atoms with van der Waals surface area (Å²) in [6, 6.07) is 25.4. The molecule has 0 amide bonds. The number of likely N-dealkylation sites (N-methyl/N-ethyl adjacent to an activating group) is 1. The van der Waals surface area contributed by atoms with Crippen molar-refractivity contribution in [1.29, 1.82) is 0 Å². The molecular weight excluding hydrogens is 390 g/mol. The summed E-state index contributed by atoms with van der Waals surface area (Å²) in [6.07, 6.45) is 2.77. The van der Waals surface area contributed by atoms with Gasteiger partial charge in [0.2, 0.25) is 9.84 Å². The molecule has 0 spiro atoms. The Kier molecular flexibility index (Phi) is 5.78. The number of hydrogen-bond donors (Lipinski definition) is 0. The van der Waals surface area contributed by atoms with Crippen LogP contribution in [0.25, 0.3) is 0 Å². The molecule has 1 unspecified atom stereocenters. The van der Waals surface area contributed by atoms with Crippen molar-refractivity contribution in [2.24, 2.45) is 0 Å². The lowest BCUT2D eigenvalue weighted by Crippen LogP contribution is -2.27. The Balaban J connectivity index is 1.98. The second-order valence-corrected chi connectivity index (χ2v) is 9.72. The summed E-state index contributed by atoms with van der Waals surface area (Å²) in [5.74, 6) is -0.344. The molecule has 0 aliphatic carbocycles. The predicted octanol–water partition coefficient (Wildman–Crippen LogP) is 5.32. The van der Waals surface area contributed by atoms with E-state index in [4.69, 9.17) is 0 Å². The monoisotopic (exact) mass is 417 g/mol. The summed E-state index contributed by atoms with van der Waals surface area (Å²) in [4.78, 5) is 2.90.